The Hall–Kier alpha value is -0.940. The summed E-state index contributed by atoms with van der Waals surface area (Å²) in [6.45, 7) is 5.77. The van der Waals surface area contributed by atoms with Gasteiger partial charge in [0.1, 0.15) is 5.82 Å². The fourth-order valence-electron chi connectivity index (χ4n) is 1.41. The minimum absolute atomic E-state index is 0.106. The lowest BCUT2D eigenvalue weighted by Crippen LogP contribution is -2.38. The highest BCUT2D eigenvalue weighted by Gasteiger charge is 2.26. The summed E-state index contributed by atoms with van der Waals surface area (Å²) in [6.07, 6.45) is 0. The Morgan fingerprint density at radius 1 is 1.12 bits per heavy atom. The second-order valence-electron chi connectivity index (χ2n) is 4.46. The molecule has 0 N–H and O–H groups in total. The summed E-state index contributed by atoms with van der Waals surface area (Å²) < 4.78 is 38.5. The molecule has 0 fully saturated rings. The standard InChI is InChI=1S/C12H18FNO2S/c1-9(2)10(3)14(4)17(15,16)12-7-5-11(13)6-8-12/h5-10H,1-4H3. The molecule has 0 amide bonds. The van der Waals surface area contributed by atoms with Crippen LogP contribution >= 0.6 is 0 Å². The Labute approximate surface area is 102 Å². The third kappa shape index (κ3) is 3.04. The molecule has 0 radical (unpaired) electrons. The number of rotatable bonds is 4. The predicted molar refractivity (Wildman–Crippen MR) is 65.6 cm³/mol. The largest absolute Gasteiger partial charge is 0.243 e. The molecule has 0 bridgehead atoms. The molecule has 0 aliphatic rings. The van der Waals surface area contributed by atoms with Crippen LogP contribution < -0.4 is 0 Å². The van der Waals surface area contributed by atoms with Gasteiger partial charge in [0.2, 0.25) is 10.0 Å². The maximum atomic E-state index is 12.8. The van der Waals surface area contributed by atoms with Gasteiger partial charge in [-0.15, -0.1) is 0 Å². The van der Waals surface area contributed by atoms with E-state index in [9.17, 15) is 12.8 Å². The van der Waals surface area contributed by atoms with Crippen LogP contribution in [0.15, 0.2) is 29.2 Å². The SMILES string of the molecule is CC(C)C(C)N(C)S(=O)(=O)c1ccc(F)cc1. The molecule has 1 aromatic rings. The van der Waals surface area contributed by atoms with Crippen molar-refractivity contribution in [3.05, 3.63) is 30.1 Å². The molecule has 0 aliphatic carbocycles. The second kappa shape index (κ2) is 5.14. The average molecular weight is 259 g/mol. The van der Waals surface area contributed by atoms with Crippen molar-refractivity contribution in [1.29, 1.82) is 0 Å². The summed E-state index contributed by atoms with van der Waals surface area (Å²) in [5.74, 6) is -0.223. The molecule has 1 unspecified atom stereocenters. The summed E-state index contributed by atoms with van der Waals surface area (Å²) in [5.41, 5.74) is 0. The van der Waals surface area contributed by atoms with E-state index in [0.29, 0.717) is 0 Å². The first-order valence-corrected chi connectivity index (χ1v) is 6.94. The van der Waals surface area contributed by atoms with E-state index in [-0.39, 0.29) is 16.9 Å². The summed E-state index contributed by atoms with van der Waals surface area (Å²) in [7, 11) is -1.99. The Morgan fingerprint density at radius 2 is 1.59 bits per heavy atom. The first kappa shape index (κ1) is 14.1. The summed E-state index contributed by atoms with van der Waals surface area (Å²) in [4.78, 5) is 0.119. The van der Waals surface area contributed by atoms with Crippen LogP contribution in [0.4, 0.5) is 4.39 Å². The molecule has 17 heavy (non-hydrogen) atoms. The zero-order valence-corrected chi connectivity index (χ0v) is 11.3. The van der Waals surface area contributed by atoms with Crippen molar-refractivity contribution in [2.75, 3.05) is 7.05 Å². The van der Waals surface area contributed by atoms with Crippen molar-refractivity contribution in [3.8, 4) is 0 Å². The van der Waals surface area contributed by atoms with Gasteiger partial charge in [-0.25, -0.2) is 12.8 Å². The lowest BCUT2D eigenvalue weighted by molar-refractivity contribution is 0.316. The summed E-state index contributed by atoms with van der Waals surface area (Å²) >= 11 is 0. The normalized spacial score (nSPS) is 14.3. The third-order valence-corrected chi connectivity index (χ3v) is 4.99. The lowest BCUT2D eigenvalue weighted by atomic mass is 10.1. The fraction of sp³-hybridized carbons (Fsp3) is 0.500. The molecule has 0 spiro atoms. The van der Waals surface area contributed by atoms with Gasteiger partial charge in [0.25, 0.3) is 0 Å². The van der Waals surface area contributed by atoms with Gasteiger partial charge >= 0.3 is 0 Å². The molecule has 0 aliphatic heterocycles. The molecule has 0 saturated carbocycles. The zero-order valence-electron chi connectivity index (χ0n) is 10.5. The Bertz CT molecular complexity index is 468. The number of hydrogen-bond acceptors (Lipinski definition) is 2. The van der Waals surface area contributed by atoms with Crippen LogP contribution in [0.1, 0.15) is 20.8 Å². The van der Waals surface area contributed by atoms with Crippen molar-refractivity contribution < 1.29 is 12.8 Å². The predicted octanol–water partition coefficient (Wildman–Crippen LogP) is 2.49. The first-order chi connectivity index (χ1) is 7.76. The quantitative estimate of drug-likeness (QED) is 0.833. The lowest BCUT2D eigenvalue weighted by Gasteiger charge is -2.27. The van der Waals surface area contributed by atoms with Crippen LogP contribution in [0.5, 0.6) is 0 Å². The van der Waals surface area contributed by atoms with E-state index < -0.39 is 15.8 Å². The second-order valence-corrected chi connectivity index (χ2v) is 6.46. The van der Waals surface area contributed by atoms with Crippen molar-refractivity contribution in [1.82, 2.24) is 4.31 Å². The topological polar surface area (TPSA) is 37.4 Å². The summed E-state index contributed by atoms with van der Waals surface area (Å²) in [6, 6.07) is 4.77. The third-order valence-electron chi connectivity index (χ3n) is 3.03. The van der Waals surface area contributed by atoms with Crippen LogP contribution in [0.25, 0.3) is 0 Å². The van der Waals surface area contributed by atoms with Gasteiger partial charge in [-0.3, -0.25) is 0 Å². The van der Waals surface area contributed by atoms with E-state index in [0.717, 1.165) is 12.1 Å². The van der Waals surface area contributed by atoms with Gasteiger partial charge in [-0.1, -0.05) is 13.8 Å². The Balaban J connectivity index is 3.07. The van der Waals surface area contributed by atoms with E-state index in [4.69, 9.17) is 0 Å². The van der Waals surface area contributed by atoms with E-state index >= 15 is 0 Å². The van der Waals surface area contributed by atoms with Gasteiger partial charge in [0.05, 0.1) is 4.90 Å². The van der Waals surface area contributed by atoms with Crippen molar-refractivity contribution in [3.63, 3.8) is 0 Å². The van der Waals surface area contributed by atoms with E-state index in [1.165, 1.54) is 16.4 Å². The molecule has 1 aromatic carbocycles. The van der Waals surface area contributed by atoms with Crippen molar-refractivity contribution in [2.45, 2.75) is 31.7 Å². The van der Waals surface area contributed by atoms with Gasteiger partial charge in [0.15, 0.2) is 0 Å². The highest BCUT2D eigenvalue weighted by Crippen LogP contribution is 2.19. The summed E-state index contributed by atoms with van der Waals surface area (Å²) in [5, 5.41) is 0. The minimum Gasteiger partial charge on any atom is -0.207 e. The van der Waals surface area contributed by atoms with Gasteiger partial charge < -0.3 is 0 Å². The molecule has 5 heteroatoms. The molecule has 96 valence electrons. The molecule has 0 heterocycles. The van der Waals surface area contributed by atoms with E-state index in [1.54, 1.807) is 7.05 Å². The molecule has 0 aromatic heterocycles. The molecular formula is C12H18FNO2S. The van der Waals surface area contributed by atoms with Crippen molar-refractivity contribution in [2.24, 2.45) is 5.92 Å². The van der Waals surface area contributed by atoms with Crippen LogP contribution in [-0.4, -0.2) is 25.8 Å². The number of halogens is 1. The molecule has 1 rings (SSSR count). The highest BCUT2D eigenvalue weighted by atomic mass is 32.2. The van der Waals surface area contributed by atoms with Crippen LogP contribution in [0.3, 0.4) is 0 Å². The monoisotopic (exact) mass is 259 g/mol. The smallest absolute Gasteiger partial charge is 0.207 e. The van der Waals surface area contributed by atoms with Crippen LogP contribution in [0, 0.1) is 11.7 Å². The highest BCUT2D eigenvalue weighted by molar-refractivity contribution is 7.89. The van der Waals surface area contributed by atoms with Gasteiger partial charge in [-0.05, 0) is 37.1 Å². The van der Waals surface area contributed by atoms with E-state index in [2.05, 4.69) is 0 Å². The Morgan fingerprint density at radius 3 is 2.00 bits per heavy atom. The number of nitrogens with zero attached hydrogens (tertiary/aromatic N) is 1. The number of sulfonamides is 1. The molecule has 1 atom stereocenters. The average Bonchev–Trinajstić information content (AvgIpc) is 2.27. The van der Waals surface area contributed by atoms with Crippen LogP contribution in [-0.2, 0) is 10.0 Å². The van der Waals surface area contributed by atoms with Gasteiger partial charge in [0, 0.05) is 13.1 Å². The fourth-order valence-corrected chi connectivity index (χ4v) is 2.91. The number of benzene rings is 1. The van der Waals surface area contributed by atoms with Gasteiger partial charge in [-0.2, -0.15) is 4.31 Å². The number of hydrogen-bond donors (Lipinski definition) is 0. The molecular weight excluding hydrogens is 241 g/mol. The molecule has 0 saturated heterocycles. The maximum Gasteiger partial charge on any atom is 0.243 e. The van der Waals surface area contributed by atoms with Crippen LogP contribution in [0.2, 0.25) is 0 Å². The minimum atomic E-state index is -3.53. The Kier molecular flexibility index (Phi) is 4.27. The van der Waals surface area contributed by atoms with E-state index in [1.807, 2.05) is 20.8 Å². The van der Waals surface area contributed by atoms with Crippen molar-refractivity contribution >= 4 is 10.0 Å². The molecule has 3 nitrogen and oxygen atoms in total. The first-order valence-electron chi connectivity index (χ1n) is 5.50. The maximum absolute atomic E-state index is 12.8. The zero-order chi connectivity index (χ0) is 13.2.